The van der Waals surface area contributed by atoms with Gasteiger partial charge in [0.2, 0.25) is 0 Å². The van der Waals surface area contributed by atoms with Crippen molar-refractivity contribution in [2.75, 3.05) is 6.61 Å². The summed E-state index contributed by atoms with van der Waals surface area (Å²) in [5.74, 6) is 1.60. The van der Waals surface area contributed by atoms with Crippen LogP contribution in [0.25, 0.3) is 0 Å². The summed E-state index contributed by atoms with van der Waals surface area (Å²) >= 11 is 0. The molecule has 3 saturated carbocycles. The summed E-state index contributed by atoms with van der Waals surface area (Å²) < 4.78 is 22.1. The molecule has 0 saturated heterocycles. The van der Waals surface area contributed by atoms with E-state index in [0.717, 1.165) is 44.9 Å². The van der Waals surface area contributed by atoms with Crippen LogP contribution >= 0.6 is 0 Å². The summed E-state index contributed by atoms with van der Waals surface area (Å²) in [5, 5.41) is 7.65. The van der Waals surface area contributed by atoms with E-state index in [4.69, 9.17) is 13.6 Å². The van der Waals surface area contributed by atoms with Crippen molar-refractivity contribution in [3.8, 4) is 0 Å². The number of fused-ring (bicyclic) bond motifs is 5. The van der Waals surface area contributed by atoms with Gasteiger partial charge in [-0.1, -0.05) is 207 Å². The fourth-order valence-electron chi connectivity index (χ4n) is 13.5. The summed E-state index contributed by atoms with van der Waals surface area (Å²) in [7, 11) is -5.87. The fraction of sp³-hybridized carbons (Fsp3) is 0.328. The normalized spacial score (nSPS) is 27.6. The lowest BCUT2D eigenvalue weighted by atomic mass is 9.45. The number of benzene rings is 6. The summed E-state index contributed by atoms with van der Waals surface area (Å²) in [6.45, 7) is 7.06. The first-order chi connectivity index (χ1) is 31.3. The van der Waals surface area contributed by atoms with Gasteiger partial charge in [-0.2, -0.15) is 0 Å². The lowest BCUT2D eigenvalue weighted by Gasteiger charge is -2.61. The minimum absolute atomic E-state index is 0.0217. The van der Waals surface area contributed by atoms with Crippen LogP contribution in [0.15, 0.2) is 194 Å². The molecule has 4 nitrogen and oxygen atoms in total. The van der Waals surface area contributed by atoms with E-state index in [1.807, 2.05) is 0 Å². The Morgan fingerprint density at radius 3 is 1.39 bits per heavy atom. The highest BCUT2D eigenvalue weighted by atomic mass is 28.4. The van der Waals surface area contributed by atoms with E-state index in [1.54, 1.807) is 6.92 Å². The zero-order valence-electron chi connectivity index (χ0n) is 37.7. The zero-order chi connectivity index (χ0) is 43.8. The molecule has 8 atom stereocenters. The van der Waals surface area contributed by atoms with E-state index >= 15 is 0 Å². The van der Waals surface area contributed by atoms with Crippen LogP contribution in [0.2, 0.25) is 0 Å². The van der Waals surface area contributed by atoms with Gasteiger partial charge in [-0.05, 0) is 105 Å². The lowest BCUT2D eigenvalue weighted by molar-refractivity contribution is -0.151. The fourth-order valence-corrected chi connectivity index (χ4v) is 21.7. The molecule has 0 spiro atoms. The monoisotopic (exact) mass is 878 g/mol. The molecule has 0 aromatic heterocycles. The quantitative estimate of drug-likeness (QED) is 0.0534. The molecule has 64 heavy (non-hydrogen) atoms. The van der Waals surface area contributed by atoms with Crippen molar-refractivity contribution in [3.63, 3.8) is 0 Å². The van der Waals surface area contributed by atoms with Gasteiger partial charge in [0.15, 0.2) is 0 Å². The van der Waals surface area contributed by atoms with Crippen LogP contribution in [0.5, 0.6) is 0 Å². The molecule has 0 bridgehead atoms. The highest BCUT2D eigenvalue weighted by Gasteiger charge is 2.63. The molecule has 0 radical (unpaired) electrons. The van der Waals surface area contributed by atoms with Crippen molar-refractivity contribution in [1.29, 1.82) is 0 Å². The van der Waals surface area contributed by atoms with E-state index in [2.05, 4.69) is 202 Å². The van der Waals surface area contributed by atoms with Crippen LogP contribution in [-0.4, -0.2) is 41.4 Å². The van der Waals surface area contributed by atoms with Crippen molar-refractivity contribution in [2.24, 2.45) is 34.5 Å². The van der Waals surface area contributed by atoms with Crippen LogP contribution < -0.4 is 31.1 Å². The minimum Gasteiger partial charge on any atom is -0.465 e. The Morgan fingerprint density at radius 1 is 0.547 bits per heavy atom. The predicted molar refractivity (Wildman–Crippen MR) is 265 cm³/mol. The molecular weight excluding hydrogens is 817 g/mol. The van der Waals surface area contributed by atoms with Crippen LogP contribution in [0.4, 0.5) is 0 Å². The van der Waals surface area contributed by atoms with E-state index in [1.165, 1.54) is 36.7 Å². The second-order valence-electron chi connectivity index (χ2n) is 19.6. The minimum atomic E-state index is -2.95. The first kappa shape index (κ1) is 42.8. The molecule has 6 heteroatoms. The van der Waals surface area contributed by atoms with Gasteiger partial charge in [0.25, 0.3) is 16.6 Å². The molecular formula is C58H62O4Si2. The van der Waals surface area contributed by atoms with Crippen molar-refractivity contribution < 1.29 is 18.4 Å². The average Bonchev–Trinajstić information content (AvgIpc) is 3.69. The first-order valence-electron chi connectivity index (χ1n) is 23.8. The lowest BCUT2D eigenvalue weighted by Crippen LogP contribution is -2.71. The van der Waals surface area contributed by atoms with Gasteiger partial charge in [0.05, 0.1) is 12.2 Å². The summed E-state index contributed by atoms with van der Waals surface area (Å²) in [6.07, 6.45) is 9.95. The Hall–Kier alpha value is -5.12. The van der Waals surface area contributed by atoms with Gasteiger partial charge in [0.1, 0.15) is 6.61 Å². The van der Waals surface area contributed by atoms with E-state index in [0.29, 0.717) is 30.3 Å². The van der Waals surface area contributed by atoms with Crippen molar-refractivity contribution in [1.82, 2.24) is 0 Å². The van der Waals surface area contributed by atoms with Gasteiger partial charge in [-0.25, -0.2) is 0 Å². The first-order valence-corrected chi connectivity index (χ1v) is 27.6. The molecule has 0 N–H and O–H groups in total. The van der Waals surface area contributed by atoms with Crippen LogP contribution in [0, 0.1) is 34.5 Å². The summed E-state index contributed by atoms with van der Waals surface area (Å²) in [6, 6.07) is 66.1. The second-order valence-corrected chi connectivity index (χ2v) is 26.2. The van der Waals surface area contributed by atoms with Crippen molar-refractivity contribution >= 4 is 53.7 Å². The highest BCUT2D eigenvalue weighted by Crippen LogP contribution is 2.67. The number of hydrogen-bond donors (Lipinski definition) is 0. The molecule has 10 rings (SSSR count). The number of carbonyl (C=O) groups excluding carboxylic acids is 1. The number of hydrogen-bond acceptors (Lipinski definition) is 4. The third-order valence-electron chi connectivity index (χ3n) is 16.3. The largest absolute Gasteiger partial charge is 0.465 e. The average molecular weight is 879 g/mol. The van der Waals surface area contributed by atoms with E-state index in [9.17, 15) is 4.79 Å². The van der Waals surface area contributed by atoms with E-state index in [-0.39, 0.29) is 29.0 Å². The third-order valence-corrected chi connectivity index (χ3v) is 24.5. The van der Waals surface area contributed by atoms with Crippen LogP contribution in [-0.2, 0) is 18.4 Å². The van der Waals surface area contributed by atoms with Gasteiger partial charge in [0, 0.05) is 12.3 Å². The Balaban J connectivity index is 1.01. The summed E-state index contributed by atoms with van der Waals surface area (Å²) in [4.78, 5) is 12.8. The van der Waals surface area contributed by atoms with E-state index < -0.39 is 16.6 Å². The molecule has 3 fully saturated rings. The van der Waals surface area contributed by atoms with Crippen molar-refractivity contribution in [3.05, 3.63) is 194 Å². The highest BCUT2D eigenvalue weighted by molar-refractivity contribution is 7.07. The standard InChI is InChI=1S/C58H62O4Si2/c1-43-40-52-53-34-35-56(62-64(49-28-16-7-17-29-49,50-30-18-8-19-31-50)51-32-20-9-21-33-51)57(53,3)38-37-54(52)58(42-60-44(2)59)39-36-45(41-55(43)58)61-63(46-22-10-4-11-23-46,47-24-12-5-13-25-47)48-26-14-6-15-27-48/h4-33,41,43,45,52-54,56H,34-40,42H2,1-3H3/t43-,45-,52-,53-,54-,56-,57-,58-/m0/s1. The third kappa shape index (κ3) is 7.31. The smallest absolute Gasteiger partial charge is 0.302 e. The molecule has 6 aromatic carbocycles. The molecule has 0 heterocycles. The van der Waals surface area contributed by atoms with Crippen LogP contribution in [0.3, 0.4) is 0 Å². The van der Waals surface area contributed by atoms with Gasteiger partial charge in [-0.15, -0.1) is 0 Å². The van der Waals surface area contributed by atoms with Gasteiger partial charge >= 0.3 is 5.97 Å². The van der Waals surface area contributed by atoms with Crippen molar-refractivity contribution in [2.45, 2.75) is 77.9 Å². The number of rotatable bonds is 12. The molecule has 4 aliphatic carbocycles. The maximum atomic E-state index is 12.8. The number of esters is 1. The Labute approximate surface area is 383 Å². The molecule has 6 aromatic rings. The Bertz CT molecular complexity index is 2340. The topological polar surface area (TPSA) is 44.8 Å². The van der Waals surface area contributed by atoms with Crippen LogP contribution in [0.1, 0.15) is 65.7 Å². The number of carbonyl (C=O) groups is 1. The second kappa shape index (κ2) is 17.7. The molecule has 0 aliphatic heterocycles. The zero-order valence-corrected chi connectivity index (χ0v) is 39.7. The molecule has 0 unspecified atom stereocenters. The molecule has 326 valence electrons. The van der Waals surface area contributed by atoms with Gasteiger partial charge < -0.3 is 13.6 Å². The molecule has 4 aliphatic rings. The Kier molecular flexibility index (Phi) is 11.8. The Morgan fingerprint density at radius 2 is 0.969 bits per heavy atom. The maximum Gasteiger partial charge on any atom is 0.302 e. The molecule has 0 amide bonds. The summed E-state index contributed by atoms with van der Waals surface area (Å²) in [5.41, 5.74) is 1.26. The maximum absolute atomic E-state index is 12.8. The predicted octanol–water partition coefficient (Wildman–Crippen LogP) is 8.84. The van der Waals surface area contributed by atoms with Gasteiger partial charge in [-0.3, -0.25) is 4.79 Å². The SMILES string of the molecule is CC(=O)OC[C@]12CC[C@H](O[Si](c3ccccc3)(c3ccccc3)c3ccccc3)C=C1[C@@H](C)C[C@@H]1[C@@H]2CC[C@]2(C)[C@@H](O[Si](c3ccccc3)(c3ccccc3)c3ccccc3)CC[C@@H]12. The number of ether oxygens (including phenoxy) is 1.